The van der Waals surface area contributed by atoms with E-state index in [2.05, 4.69) is 53.7 Å². The number of pyridine rings is 1. The Balaban J connectivity index is 2.41. The summed E-state index contributed by atoms with van der Waals surface area (Å²) in [7, 11) is 0. The number of nitrogens with one attached hydrogen (secondary N) is 1. The first-order valence-corrected chi connectivity index (χ1v) is 6.08. The Hall–Kier alpha value is -1.71. The molecule has 0 saturated carbocycles. The minimum atomic E-state index is 0.00556. The average molecular weight is 241 g/mol. The molecule has 2 rings (SSSR count). The standard InChI is InChI=1S/C15H19N3/c1-10-4-6-13(7-5-10)15(18-16)14-8-11(2)17-12(3)9-14/h4-9,15,18H,16H2,1-3H3. The quantitative estimate of drug-likeness (QED) is 0.641. The highest BCUT2D eigenvalue weighted by Crippen LogP contribution is 2.22. The van der Waals surface area contributed by atoms with Crippen molar-refractivity contribution in [3.63, 3.8) is 0 Å². The van der Waals surface area contributed by atoms with E-state index >= 15 is 0 Å². The topological polar surface area (TPSA) is 50.9 Å². The zero-order valence-corrected chi connectivity index (χ0v) is 11.1. The number of nitrogens with two attached hydrogens (primary N) is 1. The highest BCUT2D eigenvalue weighted by molar-refractivity contribution is 5.34. The van der Waals surface area contributed by atoms with E-state index < -0.39 is 0 Å². The summed E-state index contributed by atoms with van der Waals surface area (Å²) in [4.78, 5) is 4.39. The number of aromatic nitrogens is 1. The Labute approximate surface area is 108 Å². The van der Waals surface area contributed by atoms with Crippen LogP contribution >= 0.6 is 0 Å². The second kappa shape index (κ2) is 5.29. The molecule has 1 unspecified atom stereocenters. The molecule has 0 saturated heterocycles. The molecule has 0 spiro atoms. The van der Waals surface area contributed by atoms with Crippen molar-refractivity contribution >= 4 is 0 Å². The minimum Gasteiger partial charge on any atom is -0.271 e. The molecule has 1 atom stereocenters. The van der Waals surface area contributed by atoms with E-state index in [4.69, 9.17) is 5.84 Å². The van der Waals surface area contributed by atoms with Crippen LogP contribution in [0.1, 0.15) is 34.1 Å². The summed E-state index contributed by atoms with van der Waals surface area (Å²) >= 11 is 0. The number of benzene rings is 1. The van der Waals surface area contributed by atoms with Gasteiger partial charge in [0.15, 0.2) is 0 Å². The highest BCUT2D eigenvalue weighted by Gasteiger charge is 2.13. The van der Waals surface area contributed by atoms with E-state index in [1.165, 1.54) is 5.56 Å². The van der Waals surface area contributed by atoms with E-state index in [0.717, 1.165) is 22.5 Å². The zero-order valence-electron chi connectivity index (χ0n) is 11.1. The van der Waals surface area contributed by atoms with E-state index in [-0.39, 0.29) is 6.04 Å². The molecular weight excluding hydrogens is 222 g/mol. The van der Waals surface area contributed by atoms with E-state index in [1.807, 2.05) is 13.8 Å². The van der Waals surface area contributed by atoms with Gasteiger partial charge >= 0.3 is 0 Å². The molecule has 1 aromatic carbocycles. The maximum atomic E-state index is 5.70. The molecule has 3 nitrogen and oxygen atoms in total. The van der Waals surface area contributed by atoms with Crippen molar-refractivity contribution in [3.05, 3.63) is 64.5 Å². The van der Waals surface area contributed by atoms with Crippen LogP contribution in [0.5, 0.6) is 0 Å². The molecule has 0 radical (unpaired) electrons. The summed E-state index contributed by atoms with van der Waals surface area (Å²) in [6.07, 6.45) is 0. The Morgan fingerprint density at radius 2 is 1.50 bits per heavy atom. The molecule has 1 aromatic heterocycles. The largest absolute Gasteiger partial charge is 0.271 e. The number of nitrogens with zero attached hydrogens (tertiary/aromatic N) is 1. The van der Waals surface area contributed by atoms with Crippen LogP contribution in [0.2, 0.25) is 0 Å². The van der Waals surface area contributed by atoms with Crippen molar-refractivity contribution in [1.82, 2.24) is 10.4 Å². The smallest absolute Gasteiger partial charge is 0.0711 e. The predicted octanol–water partition coefficient (Wildman–Crippen LogP) is 2.56. The summed E-state index contributed by atoms with van der Waals surface area (Å²) in [5.74, 6) is 5.70. The Bertz CT molecular complexity index is 512. The molecule has 1 heterocycles. The number of aryl methyl sites for hydroxylation is 3. The van der Waals surface area contributed by atoms with Crippen molar-refractivity contribution in [3.8, 4) is 0 Å². The predicted molar refractivity (Wildman–Crippen MR) is 74.1 cm³/mol. The van der Waals surface area contributed by atoms with Gasteiger partial charge < -0.3 is 0 Å². The molecule has 18 heavy (non-hydrogen) atoms. The molecule has 2 aromatic rings. The summed E-state index contributed by atoms with van der Waals surface area (Å²) < 4.78 is 0. The van der Waals surface area contributed by atoms with Gasteiger partial charge in [-0.2, -0.15) is 0 Å². The van der Waals surface area contributed by atoms with E-state index in [9.17, 15) is 0 Å². The molecule has 0 aliphatic carbocycles. The van der Waals surface area contributed by atoms with Crippen LogP contribution in [0.25, 0.3) is 0 Å². The summed E-state index contributed by atoms with van der Waals surface area (Å²) in [6.45, 7) is 6.08. The van der Waals surface area contributed by atoms with Crippen LogP contribution in [-0.2, 0) is 0 Å². The van der Waals surface area contributed by atoms with Crippen LogP contribution in [0.15, 0.2) is 36.4 Å². The van der Waals surface area contributed by atoms with Crippen molar-refractivity contribution in [2.45, 2.75) is 26.8 Å². The number of hydrogen-bond acceptors (Lipinski definition) is 3. The Morgan fingerprint density at radius 3 is 2.00 bits per heavy atom. The SMILES string of the molecule is Cc1ccc(C(NN)c2cc(C)nc(C)c2)cc1. The maximum Gasteiger partial charge on any atom is 0.0711 e. The van der Waals surface area contributed by atoms with Crippen molar-refractivity contribution in [1.29, 1.82) is 0 Å². The van der Waals surface area contributed by atoms with Crippen molar-refractivity contribution < 1.29 is 0 Å². The first kappa shape index (κ1) is 12.7. The fourth-order valence-corrected chi connectivity index (χ4v) is 2.18. The van der Waals surface area contributed by atoms with Crippen LogP contribution in [-0.4, -0.2) is 4.98 Å². The molecule has 0 amide bonds. The second-order valence-electron chi connectivity index (χ2n) is 4.69. The van der Waals surface area contributed by atoms with E-state index in [1.54, 1.807) is 0 Å². The fourth-order valence-electron chi connectivity index (χ4n) is 2.18. The third kappa shape index (κ3) is 2.75. The summed E-state index contributed by atoms with van der Waals surface area (Å²) in [5, 5.41) is 0. The normalized spacial score (nSPS) is 12.4. The Kier molecular flexibility index (Phi) is 3.75. The zero-order chi connectivity index (χ0) is 13.1. The minimum absolute atomic E-state index is 0.00556. The van der Waals surface area contributed by atoms with Gasteiger partial charge in [-0.3, -0.25) is 10.8 Å². The number of hydrogen-bond donors (Lipinski definition) is 2. The summed E-state index contributed by atoms with van der Waals surface area (Å²) in [5.41, 5.74) is 8.46. The molecule has 3 heteroatoms. The average Bonchev–Trinajstić information content (AvgIpc) is 2.31. The van der Waals surface area contributed by atoms with Gasteiger partial charge in [-0.1, -0.05) is 29.8 Å². The number of hydrazine groups is 1. The lowest BCUT2D eigenvalue weighted by atomic mass is 9.98. The third-order valence-corrected chi connectivity index (χ3v) is 3.01. The first-order valence-electron chi connectivity index (χ1n) is 6.08. The van der Waals surface area contributed by atoms with Gasteiger partial charge in [0.05, 0.1) is 6.04 Å². The molecule has 0 bridgehead atoms. The number of rotatable bonds is 3. The molecule has 94 valence electrons. The lowest BCUT2D eigenvalue weighted by Gasteiger charge is -2.18. The van der Waals surface area contributed by atoms with Gasteiger partial charge in [0.2, 0.25) is 0 Å². The fraction of sp³-hybridized carbons (Fsp3) is 0.267. The highest BCUT2D eigenvalue weighted by atomic mass is 15.2. The van der Waals surface area contributed by atoms with Crippen LogP contribution in [0.3, 0.4) is 0 Å². The van der Waals surface area contributed by atoms with Gasteiger partial charge in [-0.15, -0.1) is 0 Å². The lowest BCUT2D eigenvalue weighted by molar-refractivity contribution is 0.634. The third-order valence-electron chi connectivity index (χ3n) is 3.01. The molecule has 0 fully saturated rings. The molecule has 3 N–H and O–H groups in total. The lowest BCUT2D eigenvalue weighted by Crippen LogP contribution is -2.29. The molecule has 0 aliphatic heterocycles. The monoisotopic (exact) mass is 241 g/mol. The summed E-state index contributed by atoms with van der Waals surface area (Å²) in [6, 6.07) is 12.5. The molecule has 0 aliphatic rings. The van der Waals surface area contributed by atoms with Crippen molar-refractivity contribution in [2.24, 2.45) is 5.84 Å². The second-order valence-corrected chi connectivity index (χ2v) is 4.69. The van der Waals surface area contributed by atoms with Crippen LogP contribution < -0.4 is 11.3 Å². The van der Waals surface area contributed by atoms with Gasteiger partial charge in [-0.05, 0) is 44.0 Å². The molecular formula is C15H19N3. The van der Waals surface area contributed by atoms with Gasteiger partial charge in [0, 0.05) is 11.4 Å². The Morgan fingerprint density at radius 1 is 0.944 bits per heavy atom. The van der Waals surface area contributed by atoms with Crippen molar-refractivity contribution in [2.75, 3.05) is 0 Å². The van der Waals surface area contributed by atoms with E-state index in [0.29, 0.717) is 0 Å². The van der Waals surface area contributed by atoms with Crippen LogP contribution in [0.4, 0.5) is 0 Å². The van der Waals surface area contributed by atoms with Gasteiger partial charge in [-0.25, -0.2) is 5.43 Å². The maximum absolute atomic E-state index is 5.70. The van der Waals surface area contributed by atoms with Crippen LogP contribution in [0, 0.1) is 20.8 Å². The van der Waals surface area contributed by atoms with Gasteiger partial charge in [0.25, 0.3) is 0 Å². The first-order chi connectivity index (χ1) is 8.60. The van der Waals surface area contributed by atoms with Gasteiger partial charge in [0.1, 0.15) is 0 Å².